The first-order valence-corrected chi connectivity index (χ1v) is 6.95. The molecule has 22 heavy (non-hydrogen) atoms. The molecule has 2 aromatic rings. The number of benzene rings is 2. The molecule has 5 heteroatoms. The van der Waals surface area contributed by atoms with Gasteiger partial charge in [-0.15, -0.1) is 0 Å². The number of ether oxygens (including phenoxy) is 1. The fourth-order valence-corrected chi connectivity index (χ4v) is 2.40. The second-order valence-electron chi connectivity index (χ2n) is 5.16. The van der Waals surface area contributed by atoms with Gasteiger partial charge < -0.3 is 9.84 Å². The molecule has 0 bridgehead atoms. The summed E-state index contributed by atoms with van der Waals surface area (Å²) in [4.78, 5) is 1.79. The predicted molar refractivity (Wildman–Crippen MR) is 80.6 cm³/mol. The molecule has 0 aromatic heterocycles. The van der Waals surface area contributed by atoms with Crippen LogP contribution in [0.2, 0.25) is 0 Å². The number of aliphatic hydroxyl groups is 1. The van der Waals surface area contributed by atoms with Crippen LogP contribution in [0, 0.1) is 11.6 Å². The van der Waals surface area contributed by atoms with E-state index < -0.39 is 17.7 Å². The van der Waals surface area contributed by atoms with Crippen molar-refractivity contribution >= 4 is 0 Å². The highest BCUT2D eigenvalue weighted by molar-refractivity contribution is 5.33. The lowest BCUT2D eigenvalue weighted by molar-refractivity contribution is 0.116. The molecular weight excluding hydrogens is 288 g/mol. The summed E-state index contributed by atoms with van der Waals surface area (Å²) in [5.74, 6) is -0.739. The van der Waals surface area contributed by atoms with E-state index in [9.17, 15) is 13.9 Å². The molecule has 0 heterocycles. The number of hydrogen-bond donors (Lipinski definition) is 1. The summed E-state index contributed by atoms with van der Waals surface area (Å²) in [6.45, 7) is 0.604. The molecule has 0 saturated carbocycles. The summed E-state index contributed by atoms with van der Waals surface area (Å²) in [5.41, 5.74) is 0.642. The molecule has 0 radical (unpaired) electrons. The summed E-state index contributed by atoms with van der Waals surface area (Å²) in [6, 6.07) is 11.1. The van der Waals surface area contributed by atoms with Crippen molar-refractivity contribution in [2.45, 2.75) is 12.6 Å². The number of nitrogens with zero attached hydrogens (tertiary/aromatic N) is 1. The first-order valence-electron chi connectivity index (χ1n) is 6.95. The molecule has 0 aliphatic carbocycles. The molecule has 1 N–H and O–H groups in total. The topological polar surface area (TPSA) is 32.7 Å². The Kier molecular flexibility index (Phi) is 5.46. The van der Waals surface area contributed by atoms with E-state index >= 15 is 0 Å². The average Bonchev–Trinajstić information content (AvgIpc) is 2.47. The SMILES string of the molecule is COc1ccccc1CN(C)CC(O)c1c(F)cccc1F. The van der Waals surface area contributed by atoms with E-state index in [1.807, 2.05) is 24.3 Å². The summed E-state index contributed by atoms with van der Waals surface area (Å²) in [5, 5.41) is 10.1. The van der Waals surface area contributed by atoms with Crippen LogP contribution >= 0.6 is 0 Å². The van der Waals surface area contributed by atoms with Crippen LogP contribution in [-0.2, 0) is 6.54 Å². The van der Waals surface area contributed by atoms with Gasteiger partial charge in [-0.25, -0.2) is 8.78 Å². The first kappa shape index (κ1) is 16.4. The second kappa shape index (κ2) is 7.33. The summed E-state index contributed by atoms with van der Waals surface area (Å²) in [6.07, 6.45) is -1.24. The molecule has 0 aliphatic rings. The van der Waals surface area contributed by atoms with Gasteiger partial charge in [0.15, 0.2) is 0 Å². The van der Waals surface area contributed by atoms with Crippen molar-refractivity contribution in [2.24, 2.45) is 0 Å². The van der Waals surface area contributed by atoms with Gasteiger partial charge in [-0.05, 0) is 25.2 Å². The fourth-order valence-electron chi connectivity index (χ4n) is 2.40. The zero-order valence-electron chi connectivity index (χ0n) is 12.6. The molecule has 0 aliphatic heterocycles. The highest BCUT2D eigenvalue weighted by atomic mass is 19.1. The highest BCUT2D eigenvalue weighted by Crippen LogP contribution is 2.23. The monoisotopic (exact) mass is 307 g/mol. The Morgan fingerprint density at radius 1 is 1.09 bits per heavy atom. The van der Waals surface area contributed by atoms with Gasteiger partial charge in [-0.1, -0.05) is 24.3 Å². The van der Waals surface area contributed by atoms with E-state index in [1.165, 1.54) is 6.07 Å². The largest absolute Gasteiger partial charge is 0.496 e. The zero-order chi connectivity index (χ0) is 16.1. The van der Waals surface area contributed by atoms with Crippen LogP contribution in [0.25, 0.3) is 0 Å². The van der Waals surface area contributed by atoms with E-state index in [2.05, 4.69) is 0 Å². The number of likely N-dealkylation sites (N-methyl/N-ethyl adjacent to an activating group) is 1. The lowest BCUT2D eigenvalue weighted by Gasteiger charge is -2.22. The van der Waals surface area contributed by atoms with Crippen molar-refractivity contribution in [3.8, 4) is 5.75 Å². The molecule has 0 fully saturated rings. The van der Waals surface area contributed by atoms with E-state index in [4.69, 9.17) is 4.74 Å². The van der Waals surface area contributed by atoms with Gasteiger partial charge in [0.05, 0.1) is 18.8 Å². The molecule has 1 unspecified atom stereocenters. The van der Waals surface area contributed by atoms with Crippen LogP contribution in [0.4, 0.5) is 8.78 Å². The highest BCUT2D eigenvalue weighted by Gasteiger charge is 2.19. The summed E-state index contributed by atoms with van der Waals surface area (Å²) >= 11 is 0. The lowest BCUT2D eigenvalue weighted by atomic mass is 10.1. The molecule has 2 aromatic carbocycles. The molecule has 3 nitrogen and oxygen atoms in total. The minimum atomic E-state index is -1.24. The summed E-state index contributed by atoms with van der Waals surface area (Å²) < 4.78 is 32.6. The second-order valence-corrected chi connectivity index (χ2v) is 5.16. The van der Waals surface area contributed by atoms with Crippen LogP contribution in [-0.4, -0.2) is 30.7 Å². The number of para-hydroxylation sites is 1. The Balaban J connectivity index is 2.07. The van der Waals surface area contributed by atoms with Crippen LogP contribution in [0.5, 0.6) is 5.75 Å². The minimum Gasteiger partial charge on any atom is -0.496 e. The van der Waals surface area contributed by atoms with Crippen molar-refractivity contribution in [3.05, 3.63) is 65.2 Å². The quantitative estimate of drug-likeness (QED) is 0.890. The van der Waals surface area contributed by atoms with Crippen molar-refractivity contribution in [1.29, 1.82) is 0 Å². The van der Waals surface area contributed by atoms with Crippen molar-refractivity contribution in [3.63, 3.8) is 0 Å². The molecule has 0 amide bonds. The van der Waals surface area contributed by atoms with Crippen molar-refractivity contribution in [1.82, 2.24) is 4.90 Å². The van der Waals surface area contributed by atoms with Crippen molar-refractivity contribution in [2.75, 3.05) is 20.7 Å². The van der Waals surface area contributed by atoms with Gasteiger partial charge >= 0.3 is 0 Å². The first-order chi connectivity index (χ1) is 10.5. The Morgan fingerprint density at radius 3 is 2.36 bits per heavy atom. The summed E-state index contributed by atoms with van der Waals surface area (Å²) in [7, 11) is 3.36. The van der Waals surface area contributed by atoms with Gasteiger partial charge in [0.2, 0.25) is 0 Å². The van der Waals surface area contributed by atoms with Gasteiger partial charge in [0.25, 0.3) is 0 Å². The maximum absolute atomic E-state index is 13.7. The van der Waals surface area contributed by atoms with E-state index in [-0.39, 0.29) is 12.1 Å². The van der Waals surface area contributed by atoms with E-state index in [1.54, 1.807) is 19.1 Å². The molecule has 1 atom stereocenters. The number of halogens is 2. The maximum atomic E-state index is 13.7. The molecular formula is C17H19F2NO2. The number of hydrogen-bond acceptors (Lipinski definition) is 3. The van der Waals surface area contributed by atoms with Crippen LogP contribution < -0.4 is 4.74 Å². The molecule has 2 rings (SSSR count). The third kappa shape index (κ3) is 3.81. The van der Waals surface area contributed by atoms with Crippen LogP contribution in [0.1, 0.15) is 17.2 Å². The Labute approximate surface area is 128 Å². The van der Waals surface area contributed by atoms with E-state index in [0.717, 1.165) is 23.4 Å². The average molecular weight is 307 g/mol. The van der Waals surface area contributed by atoms with Crippen LogP contribution in [0.15, 0.2) is 42.5 Å². The molecule has 118 valence electrons. The van der Waals surface area contributed by atoms with E-state index in [0.29, 0.717) is 6.54 Å². The van der Waals surface area contributed by atoms with Gasteiger partial charge in [0.1, 0.15) is 17.4 Å². The number of rotatable bonds is 6. The number of aliphatic hydroxyl groups excluding tert-OH is 1. The van der Waals surface area contributed by atoms with Gasteiger partial charge in [-0.3, -0.25) is 4.90 Å². The van der Waals surface area contributed by atoms with Gasteiger partial charge in [-0.2, -0.15) is 0 Å². The molecule has 0 saturated heterocycles. The normalized spacial score (nSPS) is 12.5. The van der Waals surface area contributed by atoms with Crippen LogP contribution in [0.3, 0.4) is 0 Å². The smallest absolute Gasteiger partial charge is 0.131 e. The lowest BCUT2D eigenvalue weighted by Crippen LogP contribution is -2.25. The Morgan fingerprint density at radius 2 is 1.73 bits per heavy atom. The minimum absolute atomic E-state index is 0.107. The predicted octanol–water partition coefficient (Wildman–Crippen LogP) is 3.14. The maximum Gasteiger partial charge on any atom is 0.131 e. The molecule has 0 spiro atoms. The zero-order valence-corrected chi connectivity index (χ0v) is 12.6. The number of methoxy groups -OCH3 is 1. The standard InChI is InChI=1S/C17H19F2NO2/c1-20(10-12-6-3-4-9-16(12)22-2)11-15(21)17-13(18)7-5-8-14(17)19/h3-9,15,21H,10-11H2,1-2H3. The third-order valence-corrected chi connectivity index (χ3v) is 3.45. The van der Waals surface area contributed by atoms with Gasteiger partial charge in [0, 0.05) is 18.7 Å². The Hall–Kier alpha value is -1.98. The fraction of sp³-hybridized carbons (Fsp3) is 0.294. The third-order valence-electron chi connectivity index (χ3n) is 3.45. The Bertz CT molecular complexity index is 614. The van der Waals surface area contributed by atoms with Crippen molar-refractivity contribution < 1.29 is 18.6 Å².